The van der Waals surface area contributed by atoms with Gasteiger partial charge in [0.1, 0.15) is 0 Å². The van der Waals surface area contributed by atoms with Crippen molar-refractivity contribution in [3.05, 3.63) is 0 Å². The van der Waals surface area contributed by atoms with E-state index in [1.165, 1.54) is 77.5 Å². The van der Waals surface area contributed by atoms with Gasteiger partial charge in [0.15, 0.2) is 0 Å². The molecule has 3 rings (SSSR count). The van der Waals surface area contributed by atoms with Crippen LogP contribution in [-0.2, 0) is 0 Å². The first kappa shape index (κ1) is 12.9. The minimum atomic E-state index is 0.895. The third kappa shape index (κ3) is 2.60. The van der Waals surface area contributed by atoms with Crippen LogP contribution in [0.2, 0.25) is 0 Å². The lowest BCUT2D eigenvalue weighted by Crippen LogP contribution is -2.58. The molecular formula is C16H30N2. The normalized spacial score (nSPS) is 39.5. The van der Waals surface area contributed by atoms with Gasteiger partial charge in [-0.1, -0.05) is 32.6 Å². The summed E-state index contributed by atoms with van der Waals surface area (Å²) in [6.45, 7) is 7.84. The van der Waals surface area contributed by atoms with Crippen LogP contribution in [0.3, 0.4) is 0 Å². The smallest absolute Gasteiger partial charge is 0.0223 e. The van der Waals surface area contributed by atoms with Crippen molar-refractivity contribution < 1.29 is 0 Å². The Labute approximate surface area is 113 Å². The highest BCUT2D eigenvalue weighted by atomic mass is 15.3. The van der Waals surface area contributed by atoms with E-state index in [0.29, 0.717) is 0 Å². The highest BCUT2D eigenvalue weighted by Gasteiger charge is 2.35. The molecule has 3 fully saturated rings. The summed E-state index contributed by atoms with van der Waals surface area (Å²) in [5.41, 5.74) is 0. The molecule has 2 aliphatic heterocycles. The van der Waals surface area contributed by atoms with E-state index < -0.39 is 0 Å². The topological polar surface area (TPSA) is 6.48 Å². The summed E-state index contributed by atoms with van der Waals surface area (Å²) in [6, 6.07) is 1.82. The molecule has 0 N–H and O–H groups in total. The molecule has 2 heterocycles. The van der Waals surface area contributed by atoms with Gasteiger partial charge in [0.2, 0.25) is 0 Å². The van der Waals surface area contributed by atoms with Gasteiger partial charge in [-0.3, -0.25) is 9.80 Å². The van der Waals surface area contributed by atoms with Crippen LogP contribution in [0, 0.1) is 5.92 Å². The summed E-state index contributed by atoms with van der Waals surface area (Å²) >= 11 is 0. The molecule has 18 heavy (non-hydrogen) atoms. The Morgan fingerprint density at radius 3 is 2.50 bits per heavy atom. The molecule has 3 unspecified atom stereocenters. The predicted molar refractivity (Wildman–Crippen MR) is 76.8 cm³/mol. The van der Waals surface area contributed by atoms with Crippen LogP contribution in [0.5, 0.6) is 0 Å². The monoisotopic (exact) mass is 250 g/mol. The van der Waals surface area contributed by atoms with Crippen LogP contribution < -0.4 is 0 Å². The van der Waals surface area contributed by atoms with E-state index in [2.05, 4.69) is 16.7 Å². The van der Waals surface area contributed by atoms with E-state index in [9.17, 15) is 0 Å². The number of fused-ring (bicyclic) bond motifs is 1. The summed E-state index contributed by atoms with van der Waals surface area (Å²) in [5, 5.41) is 0. The van der Waals surface area contributed by atoms with E-state index in [0.717, 1.165) is 18.0 Å². The van der Waals surface area contributed by atoms with Crippen LogP contribution in [0.4, 0.5) is 0 Å². The van der Waals surface area contributed by atoms with Gasteiger partial charge in [0, 0.05) is 31.7 Å². The lowest BCUT2D eigenvalue weighted by molar-refractivity contribution is 0.000820. The highest BCUT2D eigenvalue weighted by Crippen LogP contribution is 2.33. The molecule has 2 heteroatoms. The zero-order valence-electron chi connectivity index (χ0n) is 12.1. The second-order valence-corrected chi connectivity index (χ2v) is 6.70. The van der Waals surface area contributed by atoms with Crippen LogP contribution >= 0.6 is 0 Å². The van der Waals surface area contributed by atoms with E-state index in [-0.39, 0.29) is 0 Å². The maximum absolute atomic E-state index is 2.87. The van der Waals surface area contributed by atoms with Gasteiger partial charge >= 0.3 is 0 Å². The number of nitrogens with zero attached hydrogens (tertiary/aromatic N) is 2. The summed E-state index contributed by atoms with van der Waals surface area (Å²) in [5.74, 6) is 0.994. The zero-order valence-corrected chi connectivity index (χ0v) is 12.1. The SMILES string of the molecule is CCC1CCCCC1N1CCN2CCCCC2C1. The second-order valence-electron chi connectivity index (χ2n) is 6.70. The van der Waals surface area contributed by atoms with Crippen molar-refractivity contribution in [1.82, 2.24) is 9.80 Å². The van der Waals surface area contributed by atoms with E-state index in [1.807, 2.05) is 0 Å². The quantitative estimate of drug-likeness (QED) is 0.743. The third-order valence-corrected chi connectivity index (χ3v) is 5.73. The summed E-state index contributed by atoms with van der Waals surface area (Å²) in [6.07, 6.45) is 11.7. The molecule has 1 aliphatic carbocycles. The minimum absolute atomic E-state index is 0.895. The van der Waals surface area contributed by atoms with Crippen molar-refractivity contribution in [2.75, 3.05) is 26.2 Å². The number of rotatable bonds is 2. The number of piperidine rings is 1. The lowest BCUT2D eigenvalue weighted by atomic mass is 9.81. The number of hydrogen-bond donors (Lipinski definition) is 0. The van der Waals surface area contributed by atoms with Gasteiger partial charge in [-0.15, -0.1) is 0 Å². The lowest BCUT2D eigenvalue weighted by Gasteiger charge is -2.49. The van der Waals surface area contributed by atoms with Crippen LogP contribution in [0.25, 0.3) is 0 Å². The Morgan fingerprint density at radius 1 is 0.833 bits per heavy atom. The van der Waals surface area contributed by atoms with Crippen LogP contribution in [-0.4, -0.2) is 48.1 Å². The fraction of sp³-hybridized carbons (Fsp3) is 1.00. The molecule has 0 radical (unpaired) electrons. The largest absolute Gasteiger partial charge is 0.298 e. The molecule has 0 spiro atoms. The Balaban J connectivity index is 1.61. The number of hydrogen-bond acceptors (Lipinski definition) is 2. The molecule has 104 valence electrons. The van der Waals surface area contributed by atoms with Gasteiger partial charge in [-0.2, -0.15) is 0 Å². The van der Waals surface area contributed by atoms with Crippen molar-refractivity contribution >= 4 is 0 Å². The van der Waals surface area contributed by atoms with Gasteiger partial charge in [-0.25, -0.2) is 0 Å². The molecule has 3 atom stereocenters. The van der Waals surface area contributed by atoms with Gasteiger partial charge in [-0.05, 0) is 38.1 Å². The Hall–Kier alpha value is -0.0800. The first-order valence-corrected chi connectivity index (χ1v) is 8.36. The molecule has 0 aromatic carbocycles. The average Bonchev–Trinajstić information content (AvgIpc) is 2.46. The van der Waals surface area contributed by atoms with Crippen molar-refractivity contribution in [3.8, 4) is 0 Å². The maximum Gasteiger partial charge on any atom is 0.0223 e. The molecule has 1 saturated carbocycles. The minimum Gasteiger partial charge on any atom is -0.298 e. The molecule has 3 aliphatic rings. The summed E-state index contributed by atoms with van der Waals surface area (Å²) in [4.78, 5) is 5.64. The van der Waals surface area contributed by atoms with Crippen molar-refractivity contribution in [2.45, 2.75) is 70.4 Å². The van der Waals surface area contributed by atoms with Gasteiger partial charge in [0.25, 0.3) is 0 Å². The molecule has 0 amide bonds. The number of piperazine rings is 1. The molecular weight excluding hydrogens is 220 g/mol. The third-order valence-electron chi connectivity index (χ3n) is 5.73. The molecule has 2 saturated heterocycles. The van der Waals surface area contributed by atoms with Crippen molar-refractivity contribution in [1.29, 1.82) is 0 Å². The maximum atomic E-state index is 2.87. The predicted octanol–water partition coefficient (Wildman–Crippen LogP) is 3.13. The van der Waals surface area contributed by atoms with E-state index in [1.54, 1.807) is 0 Å². The van der Waals surface area contributed by atoms with Crippen molar-refractivity contribution in [2.24, 2.45) is 5.92 Å². The summed E-state index contributed by atoms with van der Waals surface area (Å²) < 4.78 is 0. The fourth-order valence-electron chi connectivity index (χ4n) is 4.63. The average molecular weight is 250 g/mol. The Bertz CT molecular complexity index is 266. The first-order valence-electron chi connectivity index (χ1n) is 8.36. The second kappa shape index (κ2) is 5.92. The standard InChI is InChI=1S/C16H30N2/c1-2-14-7-3-4-9-16(14)18-12-11-17-10-6-5-8-15(17)13-18/h14-16H,2-13H2,1H3. The first-order chi connectivity index (χ1) is 8.88. The van der Waals surface area contributed by atoms with Crippen molar-refractivity contribution in [3.63, 3.8) is 0 Å². The Morgan fingerprint density at radius 2 is 1.61 bits per heavy atom. The van der Waals surface area contributed by atoms with Gasteiger partial charge in [0.05, 0.1) is 0 Å². The molecule has 2 nitrogen and oxygen atoms in total. The molecule has 0 aromatic heterocycles. The van der Waals surface area contributed by atoms with Crippen LogP contribution in [0.15, 0.2) is 0 Å². The zero-order chi connectivity index (χ0) is 12.4. The molecule has 0 bridgehead atoms. The van der Waals surface area contributed by atoms with E-state index in [4.69, 9.17) is 0 Å². The van der Waals surface area contributed by atoms with Gasteiger partial charge < -0.3 is 0 Å². The molecule has 0 aromatic rings. The fourth-order valence-corrected chi connectivity index (χ4v) is 4.63. The summed E-state index contributed by atoms with van der Waals surface area (Å²) in [7, 11) is 0. The van der Waals surface area contributed by atoms with E-state index >= 15 is 0 Å². The highest BCUT2D eigenvalue weighted by molar-refractivity contribution is 4.91. The van der Waals surface area contributed by atoms with Crippen LogP contribution in [0.1, 0.15) is 58.3 Å². The Kier molecular flexibility index (Phi) is 4.25.